The Bertz CT molecular complexity index is 448. The van der Waals surface area contributed by atoms with Crippen molar-refractivity contribution in [2.75, 3.05) is 0 Å². The minimum atomic E-state index is -0.696. The normalized spacial score (nSPS) is 10.6. The summed E-state index contributed by atoms with van der Waals surface area (Å²) in [5.41, 5.74) is 2.00. The highest BCUT2D eigenvalue weighted by atomic mass is 16.4. The SMILES string of the molecule is Cc1ccc(C(=O)CCCCCCCCCCC(=O)O)cc1. The van der Waals surface area contributed by atoms with Crippen LogP contribution in [0, 0.1) is 6.92 Å². The number of ketones is 1. The van der Waals surface area contributed by atoms with Gasteiger partial charge in [-0.2, -0.15) is 0 Å². The lowest BCUT2D eigenvalue weighted by Gasteiger charge is -2.03. The maximum atomic E-state index is 12.0. The van der Waals surface area contributed by atoms with E-state index in [1.807, 2.05) is 31.2 Å². The van der Waals surface area contributed by atoms with Gasteiger partial charge in [-0.15, -0.1) is 0 Å². The number of carbonyl (C=O) groups excluding carboxylic acids is 1. The Morgan fingerprint density at radius 3 is 1.73 bits per heavy atom. The lowest BCUT2D eigenvalue weighted by atomic mass is 10.0. The Labute approximate surface area is 133 Å². The van der Waals surface area contributed by atoms with Crippen molar-refractivity contribution >= 4 is 11.8 Å². The van der Waals surface area contributed by atoms with E-state index < -0.39 is 5.97 Å². The lowest BCUT2D eigenvalue weighted by molar-refractivity contribution is -0.137. The number of rotatable bonds is 12. The molecule has 1 N–H and O–H groups in total. The van der Waals surface area contributed by atoms with Crippen molar-refractivity contribution in [2.24, 2.45) is 0 Å². The molecule has 0 aliphatic carbocycles. The molecule has 0 aliphatic rings. The fourth-order valence-corrected chi connectivity index (χ4v) is 2.51. The molecule has 0 bridgehead atoms. The highest BCUT2D eigenvalue weighted by molar-refractivity contribution is 5.96. The molecule has 0 spiro atoms. The summed E-state index contributed by atoms with van der Waals surface area (Å²) in [4.78, 5) is 22.3. The first-order chi connectivity index (χ1) is 10.6. The second kappa shape index (κ2) is 11.0. The molecule has 1 rings (SSSR count). The summed E-state index contributed by atoms with van der Waals surface area (Å²) in [6, 6.07) is 7.79. The standard InChI is InChI=1S/C19H28O3/c1-16-12-14-17(15-13-16)18(20)10-8-6-4-2-3-5-7-9-11-19(21)22/h12-15H,2-11H2,1H3,(H,21,22). The van der Waals surface area contributed by atoms with E-state index in [1.165, 1.54) is 24.8 Å². The molecule has 0 saturated heterocycles. The van der Waals surface area contributed by atoms with Crippen molar-refractivity contribution in [3.05, 3.63) is 35.4 Å². The van der Waals surface area contributed by atoms with Gasteiger partial charge in [-0.25, -0.2) is 0 Å². The predicted molar refractivity (Wildman–Crippen MR) is 89.3 cm³/mol. The third-order valence-corrected chi connectivity index (χ3v) is 3.92. The number of aliphatic carboxylic acids is 1. The molecule has 22 heavy (non-hydrogen) atoms. The smallest absolute Gasteiger partial charge is 0.303 e. The molecule has 1 aromatic rings. The number of carboxylic acid groups (broad SMARTS) is 1. The number of carbonyl (C=O) groups is 2. The number of carboxylic acids is 1. The van der Waals surface area contributed by atoms with Crippen LogP contribution in [0.15, 0.2) is 24.3 Å². The second-order valence-corrected chi connectivity index (χ2v) is 6.01. The van der Waals surface area contributed by atoms with Crippen LogP contribution in [0.3, 0.4) is 0 Å². The quantitative estimate of drug-likeness (QED) is 0.428. The zero-order valence-corrected chi connectivity index (χ0v) is 13.6. The van der Waals surface area contributed by atoms with Gasteiger partial charge in [-0.05, 0) is 19.8 Å². The highest BCUT2D eigenvalue weighted by Crippen LogP contribution is 2.13. The first kappa shape index (κ1) is 18.4. The van der Waals surface area contributed by atoms with Crippen molar-refractivity contribution < 1.29 is 14.7 Å². The summed E-state index contributed by atoms with van der Waals surface area (Å²) in [5, 5.41) is 8.53. The molecule has 3 nitrogen and oxygen atoms in total. The minimum Gasteiger partial charge on any atom is -0.481 e. The van der Waals surface area contributed by atoms with Crippen LogP contribution in [-0.4, -0.2) is 16.9 Å². The van der Waals surface area contributed by atoms with E-state index in [1.54, 1.807) is 0 Å². The third-order valence-electron chi connectivity index (χ3n) is 3.92. The van der Waals surface area contributed by atoms with Gasteiger partial charge in [0.05, 0.1) is 0 Å². The molecule has 0 amide bonds. The van der Waals surface area contributed by atoms with Crippen LogP contribution in [-0.2, 0) is 4.79 Å². The maximum Gasteiger partial charge on any atom is 0.303 e. The van der Waals surface area contributed by atoms with Gasteiger partial charge in [-0.3, -0.25) is 9.59 Å². The molecule has 0 heterocycles. The van der Waals surface area contributed by atoms with Crippen molar-refractivity contribution in [2.45, 2.75) is 71.1 Å². The highest BCUT2D eigenvalue weighted by Gasteiger charge is 2.04. The molecule has 0 saturated carbocycles. The number of Topliss-reactive ketones (excluding diaryl/α,β-unsaturated/α-hetero) is 1. The summed E-state index contributed by atoms with van der Waals surface area (Å²) >= 11 is 0. The number of unbranched alkanes of at least 4 members (excludes halogenated alkanes) is 7. The first-order valence-electron chi connectivity index (χ1n) is 8.41. The van der Waals surface area contributed by atoms with Crippen LogP contribution >= 0.6 is 0 Å². The van der Waals surface area contributed by atoms with Gasteiger partial charge >= 0.3 is 5.97 Å². The maximum absolute atomic E-state index is 12.0. The number of benzene rings is 1. The van der Waals surface area contributed by atoms with Gasteiger partial charge in [0.25, 0.3) is 0 Å². The second-order valence-electron chi connectivity index (χ2n) is 6.01. The Morgan fingerprint density at radius 2 is 1.23 bits per heavy atom. The minimum absolute atomic E-state index is 0.244. The molecular weight excluding hydrogens is 276 g/mol. The van der Waals surface area contributed by atoms with E-state index in [0.717, 1.165) is 37.7 Å². The van der Waals surface area contributed by atoms with Crippen molar-refractivity contribution in [3.63, 3.8) is 0 Å². The van der Waals surface area contributed by atoms with E-state index in [0.29, 0.717) is 12.8 Å². The fraction of sp³-hybridized carbons (Fsp3) is 0.579. The first-order valence-corrected chi connectivity index (χ1v) is 8.41. The van der Waals surface area contributed by atoms with E-state index in [9.17, 15) is 9.59 Å². The number of hydrogen-bond acceptors (Lipinski definition) is 2. The molecule has 0 fully saturated rings. The average Bonchev–Trinajstić information content (AvgIpc) is 2.49. The van der Waals surface area contributed by atoms with E-state index in [-0.39, 0.29) is 5.78 Å². The van der Waals surface area contributed by atoms with Gasteiger partial charge in [0, 0.05) is 18.4 Å². The predicted octanol–water partition coefficient (Wildman–Crippen LogP) is 5.16. The van der Waals surface area contributed by atoms with Crippen molar-refractivity contribution in [3.8, 4) is 0 Å². The molecule has 0 aromatic heterocycles. The number of aryl methyl sites for hydroxylation is 1. The molecule has 122 valence electrons. The fourth-order valence-electron chi connectivity index (χ4n) is 2.51. The zero-order chi connectivity index (χ0) is 16.2. The van der Waals surface area contributed by atoms with Gasteiger partial charge < -0.3 is 5.11 Å². The monoisotopic (exact) mass is 304 g/mol. The van der Waals surface area contributed by atoms with Crippen LogP contribution in [0.5, 0.6) is 0 Å². The Hall–Kier alpha value is -1.64. The van der Waals surface area contributed by atoms with Gasteiger partial charge in [-0.1, -0.05) is 68.4 Å². The largest absolute Gasteiger partial charge is 0.481 e. The van der Waals surface area contributed by atoms with Crippen LogP contribution in [0.1, 0.15) is 80.1 Å². The van der Waals surface area contributed by atoms with E-state index >= 15 is 0 Å². The van der Waals surface area contributed by atoms with E-state index in [2.05, 4.69) is 0 Å². The Kier molecular flexibility index (Phi) is 9.20. The zero-order valence-electron chi connectivity index (χ0n) is 13.6. The summed E-state index contributed by atoms with van der Waals surface area (Å²) < 4.78 is 0. The lowest BCUT2D eigenvalue weighted by Crippen LogP contribution is -1.98. The molecule has 0 unspecified atom stereocenters. The Balaban J connectivity index is 1.96. The topological polar surface area (TPSA) is 54.4 Å². The molecule has 0 atom stereocenters. The molecular formula is C19H28O3. The summed E-state index contributed by atoms with van der Waals surface area (Å²) in [6.45, 7) is 2.02. The van der Waals surface area contributed by atoms with Crippen LogP contribution in [0.25, 0.3) is 0 Å². The molecule has 0 aliphatic heterocycles. The third kappa shape index (κ3) is 8.60. The van der Waals surface area contributed by atoms with Crippen LogP contribution in [0.2, 0.25) is 0 Å². The average molecular weight is 304 g/mol. The summed E-state index contributed by atoms with van der Waals surface area (Å²) in [7, 11) is 0. The summed E-state index contributed by atoms with van der Waals surface area (Å²) in [5.74, 6) is -0.452. The number of hydrogen-bond donors (Lipinski definition) is 1. The Morgan fingerprint density at radius 1 is 0.773 bits per heavy atom. The van der Waals surface area contributed by atoms with Crippen molar-refractivity contribution in [1.82, 2.24) is 0 Å². The summed E-state index contributed by atoms with van der Waals surface area (Å²) in [6.07, 6.45) is 9.45. The van der Waals surface area contributed by atoms with Gasteiger partial charge in [0.1, 0.15) is 0 Å². The van der Waals surface area contributed by atoms with Crippen molar-refractivity contribution in [1.29, 1.82) is 0 Å². The molecule has 0 radical (unpaired) electrons. The molecule has 3 heteroatoms. The van der Waals surface area contributed by atoms with Gasteiger partial charge in [0.2, 0.25) is 0 Å². The van der Waals surface area contributed by atoms with Crippen LogP contribution < -0.4 is 0 Å². The van der Waals surface area contributed by atoms with Crippen LogP contribution in [0.4, 0.5) is 0 Å². The van der Waals surface area contributed by atoms with E-state index in [4.69, 9.17) is 5.11 Å². The molecule has 1 aromatic carbocycles. The van der Waals surface area contributed by atoms with Gasteiger partial charge in [0.15, 0.2) is 5.78 Å².